The smallest absolute Gasteiger partial charge is 0.330 e. The number of ether oxygens (including phenoxy) is 1. The summed E-state index contributed by atoms with van der Waals surface area (Å²) in [5.41, 5.74) is 0.240. The Morgan fingerprint density at radius 1 is 1.47 bits per heavy atom. The molecule has 0 amide bonds. The van der Waals surface area contributed by atoms with Crippen LogP contribution >= 0.6 is 0 Å². The highest BCUT2D eigenvalue weighted by molar-refractivity contribution is 5.81. The minimum absolute atomic E-state index is 0.0810. The molecular formula is C14H24O3. The fourth-order valence-corrected chi connectivity index (χ4v) is 2.44. The van der Waals surface area contributed by atoms with Gasteiger partial charge in [0.05, 0.1) is 12.7 Å². The van der Waals surface area contributed by atoms with Crippen LogP contribution in [0.4, 0.5) is 0 Å². The Hall–Kier alpha value is -0.830. The van der Waals surface area contributed by atoms with E-state index >= 15 is 0 Å². The van der Waals surface area contributed by atoms with Crippen LogP contribution in [0.2, 0.25) is 0 Å². The van der Waals surface area contributed by atoms with E-state index in [1.54, 1.807) is 0 Å². The minimum atomic E-state index is -0.407. The third kappa shape index (κ3) is 4.15. The molecule has 0 aromatic carbocycles. The Bertz CT molecular complexity index is 278. The summed E-state index contributed by atoms with van der Waals surface area (Å²) in [6.07, 6.45) is 3.63. The summed E-state index contributed by atoms with van der Waals surface area (Å²) in [5, 5.41) is 10.1. The van der Waals surface area contributed by atoms with Crippen molar-refractivity contribution in [3.63, 3.8) is 0 Å². The lowest BCUT2D eigenvalue weighted by Crippen LogP contribution is -2.37. The number of carbonyl (C=O) groups excluding carboxylic acids is 1. The number of aliphatic hydroxyl groups excluding tert-OH is 1. The highest BCUT2D eigenvalue weighted by Gasteiger charge is 2.35. The van der Waals surface area contributed by atoms with Gasteiger partial charge in [-0.1, -0.05) is 27.4 Å². The Kier molecular flexibility index (Phi) is 4.75. The first kappa shape index (κ1) is 14.2. The first-order valence-electron chi connectivity index (χ1n) is 6.32. The quantitative estimate of drug-likeness (QED) is 0.609. The van der Waals surface area contributed by atoms with Gasteiger partial charge in [0, 0.05) is 12.0 Å². The van der Waals surface area contributed by atoms with Crippen molar-refractivity contribution in [2.75, 3.05) is 6.61 Å². The van der Waals surface area contributed by atoms with E-state index in [1.807, 2.05) is 0 Å². The topological polar surface area (TPSA) is 46.5 Å². The molecule has 0 spiro atoms. The second-order valence-electron chi connectivity index (χ2n) is 6.04. The zero-order chi connectivity index (χ0) is 13.1. The molecular weight excluding hydrogens is 216 g/mol. The molecule has 0 bridgehead atoms. The maximum Gasteiger partial charge on any atom is 0.330 e. The normalized spacial score (nSPS) is 29.8. The van der Waals surface area contributed by atoms with Gasteiger partial charge in [-0.25, -0.2) is 4.79 Å². The van der Waals surface area contributed by atoms with Crippen molar-refractivity contribution in [1.29, 1.82) is 0 Å². The van der Waals surface area contributed by atoms with Crippen molar-refractivity contribution in [2.24, 2.45) is 17.3 Å². The van der Waals surface area contributed by atoms with Crippen LogP contribution < -0.4 is 0 Å². The third-order valence-electron chi connectivity index (χ3n) is 3.79. The molecule has 17 heavy (non-hydrogen) atoms. The predicted octanol–water partition coefficient (Wildman–Crippen LogP) is 2.54. The number of esters is 1. The number of hydrogen-bond donors (Lipinski definition) is 1. The van der Waals surface area contributed by atoms with Crippen LogP contribution in [-0.4, -0.2) is 23.8 Å². The number of hydrogen-bond acceptors (Lipinski definition) is 3. The van der Waals surface area contributed by atoms with Gasteiger partial charge in [-0.3, -0.25) is 0 Å². The van der Waals surface area contributed by atoms with Gasteiger partial charge < -0.3 is 9.84 Å². The second kappa shape index (κ2) is 5.67. The van der Waals surface area contributed by atoms with Gasteiger partial charge in [0.25, 0.3) is 0 Å². The molecule has 1 aliphatic rings. The molecule has 3 unspecified atom stereocenters. The fraction of sp³-hybridized carbons (Fsp3) is 0.786. The number of carbonyl (C=O) groups is 1. The Labute approximate surface area is 104 Å². The first-order chi connectivity index (χ1) is 7.84. The van der Waals surface area contributed by atoms with E-state index in [0.717, 1.165) is 25.3 Å². The summed E-state index contributed by atoms with van der Waals surface area (Å²) in [6, 6.07) is 0. The zero-order valence-electron chi connectivity index (χ0n) is 11.1. The van der Waals surface area contributed by atoms with Gasteiger partial charge in [-0.2, -0.15) is 0 Å². The molecule has 1 rings (SSSR count). The Morgan fingerprint density at radius 3 is 2.59 bits per heavy atom. The molecule has 0 aromatic rings. The molecule has 0 aliphatic heterocycles. The van der Waals surface area contributed by atoms with Crippen molar-refractivity contribution >= 4 is 5.97 Å². The molecule has 1 saturated carbocycles. The minimum Gasteiger partial charge on any atom is -0.462 e. The highest BCUT2D eigenvalue weighted by atomic mass is 16.5. The van der Waals surface area contributed by atoms with Crippen molar-refractivity contribution in [2.45, 2.75) is 46.1 Å². The van der Waals surface area contributed by atoms with Crippen LogP contribution in [0.1, 0.15) is 40.0 Å². The van der Waals surface area contributed by atoms with E-state index in [0.29, 0.717) is 12.5 Å². The summed E-state index contributed by atoms with van der Waals surface area (Å²) in [6.45, 7) is 10.3. The van der Waals surface area contributed by atoms with Crippen LogP contribution in [0.15, 0.2) is 12.7 Å². The first-order valence-corrected chi connectivity index (χ1v) is 6.32. The monoisotopic (exact) mass is 240 g/mol. The van der Waals surface area contributed by atoms with Gasteiger partial charge in [0.2, 0.25) is 0 Å². The predicted molar refractivity (Wildman–Crippen MR) is 67.4 cm³/mol. The average molecular weight is 240 g/mol. The molecule has 1 aliphatic carbocycles. The molecule has 98 valence electrons. The van der Waals surface area contributed by atoms with E-state index in [9.17, 15) is 9.90 Å². The van der Waals surface area contributed by atoms with Crippen molar-refractivity contribution in [3.05, 3.63) is 12.7 Å². The molecule has 0 aromatic heterocycles. The van der Waals surface area contributed by atoms with Gasteiger partial charge >= 0.3 is 5.97 Å². The van der Waals surface area contributed by atoms with Crippen molar-refractivity contribution in [3.8, 4) is 0 Å². The summed E-state index contributed by atoms with van der Waals surface area (Å²) >= 11 is 0. The molecule has 0 radical (unpaired) electrons. The summed E-state index contributed by atoms with van der Waals surface area (Å²) in [4.78, 5) is 11.0. The van der Waals surface area contributed by atoms with E-state index in [2.05, 4.69) is 27.4 Å². The van der Waals surface area contributed by atoms with Crippen molar-refractivity contribution < 1.29 is 14.6 Å². The molecule has 3 nitrogen and oxygen atoms in total. The van der Waals surface area contributed by atoms with Crippen LogP contribution in [-0.2, 0) is 9.53 Å². The number of aliphatic hydroxyl groups is 1. The second-order valence-corrected chi connectivity index (χ2v) is 6.04. The molecule has 3 heteroatoms. The number of rotatable bonds is 3. The largest absolute Gasteiger partial charge is 0.462 e. The zero-order valence-corrected chi connectivity index (χ0v) is 11.1. The van der Waals surface area contributed by atoms with Gasteiger partial charge in [0.1, 0.15) is 0 Å². The lowest BCUT2D eigenvalue weighted by molar-refractivity contribution is -0.141. The molecule has 0 heterocycles. The van der Waals surface area contributed by atoms with E-state index < -0.39 is 5.97 Å². The molecule has 0 saturated heterocycles. The maximum atomic E-state index is 11.0. The van der Waals surface area contributed by atoms with Crippen LogP contribution in [0.25, 0.3) is 0 Å². The van der Waals surface area contributed by atoms with E-state index in [1.165, 1.54) is 0 Å². The summed E-state index contributed by atoms with van der Waals surface area (Å²) < 4.78 is 5.00. The van der Waals surface area contributed by atoms with Gasteiger partial charge in [-0.15, -0.1) is 0 Å². The maximum absolute atomic E-state index is 11.0. The van der Waals surface area contributed by atoms with Gasteiger partial charge in [0.15, 0.2) is 0 Å². The SMILES string of the molecule is C=CC(=O)OCC1CCC(C(C)(C)C)CC1O. The summed E-state index contributed by atoms with van der Waals surface area (Å²) in [7, 11) is 0. The van der Waals surface area contributed by atoms with Gasteiger partial charge in [-0.05, 0) is 30.6 Å². The van der Waals surface area contributed by atoms with Crippen molar-refractivity contribution in [1.82, 2.24) is 0 Å². The summed E-state index contributed by atoms with van der Waals surface area (Å²) in [5.74, 6) is 0.219. The van der Waals surface area contributed by atoms with Crippen LogP contribution in [0.3, 0.4) is 0 Å². The fourth-order valence-electron chi connectivity index (χ4n) is 2.44. The third-order valence-corrected chi connectivity index (χ3v) is 3.79. The Morgan fingerprint density at radius 2 is 2.12 bits per heavy atom. The lowest BCUT2D eigenvalue weighted by Gasteiger charge is -2.39. The standard InChI is InChI=1S/C14H24O3/c1-5-13(16)17-9-10-6-7-11(8-12(10)15)14(2,3)4/h5,10-12,15H,1,6-9H2,2-4H3. The van der Waals surface area contributed by atoms with E-state index in [4.69, 9.17) is 4.74 Å². The average Bonchev–Trinajstić information content (AvgIpc) is 2.25. The molecule has 1 N–H and O–H groups in total. The van der Waals surface area contributed by atoms with Crippen LogP contribution in [0.5, 0.6) is 0 Å². The van der Waals surface area contributed by atoms with Crippen LogP contribution in [0, 0.1) is 17.3 Å². The molecule has 3 atom stereocenters. The lowest BCUT2D eigenvalue weighted by atomic mass is 9.69. The highest BCUT2D eigenvalue weighted by Crippen LogP contribution is 2.39. The Balaban J connectivity index is 2.43. The molecule has 1 fully saturated rings. The van der Waals surface area contributed by atoms with E-state index in [-0.39, 0.29) is 17.4 Å².